The normalized spacial score (nSPS) is 17.3. The lowest BCUT2D eigenvalue weighted by Gasteiger charge is -2.29. The summed E-state index contributed by atoms with van der Waals surface area (Å²) in [5, 5.41) is 8.82. The Balaban J connectivity index is 1.37. The molecule has 1 fully saturated rings. The Morgan fingerprint density at radius 3 is 2.55 bits per heavy atom. The van der Waals surface area contributed by atoms with Crippen LogP contribution in [0.25, 0.3) is 16.6 Å². The van der Waals surface area contributed by atoms with Gasteiger partial charge in [0.05, 0.1) is 29.5 Å². The molecule has 0 aliphatic carbocycles. The number of pyridine rings is 1. The monoisotopic (exact) mass is 524 g/mol. The maximum absolute atomic E-state index is 13.4. The van der Waals surface area contributed by atoms with E-state index >= 15 is 0 Å². The standard InChI is InChI=1S/C28H24N6O3S/c1-17-14-29-28(38-17)27(37)31-22-13-25(36)33(26(22)18-6-4-3-5-7-18)20-8-10-23-19(12-20)15-30-34(23)21-9-11-24(35)32(2)16-21/h3-12,14-16,22,26H,13H2,1-2H3,(H,31,37)/t22-,26+/m1/s1. The summed E-state index contributed by atoms with van der Waals surface area (Å²) in [6.07, 6.45) is 5.32. The minimum Gasteiger partial charge on any atom is -0.344 e. The largest absolute Gasteiger partial charge is 0.344 e. The summed E-state index contributed by atoms with van der Waals surface area (Å²) < 4.78 is 3.27. The van der Waals surface area contributed by atoms with Gasteiger partial charge in [0, 0.05) is 47.9 Å². The molecule has 4 heterocycles. The molecular formula is C28H24N6O3S. The molecule has 1 aliphatic heterocycles. The van der Waals surface area contributed by atoms with Crippen LogP contribution in [-0.4, -0.2) is 37.2 Å². The van der Waals surface area contributed by atoms with Crippen molar-refractivity contribution in [2.24, 2.45) is 7.05 Å². The van der Waals surface area contributed by atoms with E-state index < -0.39 is 6.04 Å². The SMILES string of the molecule is Cc1cnc(C(=O)N[C@@H]2CC(=O)N(c3ccc4c(cnn4-c4ccc(=O)n(C)c4)c3)[C@H]2c2ccccc2)s1. The van der Waals surface area contributed by atoms with Crippen LogP contribution in [-0.2, 0) is 11.8 Å². The predicted octanol–water partition coefficient (Wildman–Crippen LogP) is 3.77. The quantitative estimate of drug-likeness (QED) is 0.377. The lowest BCUT2D eigenvalue weighted by atomic mass is 9.99. The molecule has 0 radical (unpaired) electrons. The van der Waals surface area contributed by atoms with Gasteiger partial charge in [0.15, 0.2) is 5.01 Å². The molecule has 38 heavy (non-hydrogen) atoms. The third kappa shape index (κ3) is 4.18. The zero-order valence-corrected chi connectivity index (χ0v) is 21.6. The number of fused-ring (bicyclic) bond motifs is 1. The number of nitrogens with zero attached hydrogens (tertiary/aromatic N) is 5. The second-order valence-electron chi connectivity index (χ2n) is 9.32. The molecule has 2 aromatic carbocycles. The fourth-order valence-corrected chi connectivity index (χ4v) is 5.64. The van der Waals surface area contributed by atoms with E-state index in [0.717, 1.165) is 32.7 Å². The molecule has 1 N–H and O–H groups in total. The molecule has 0 unspecified atom stereocenters. The zero-order chi connectivity index (χ0) is 26.4. The highest BCUT2D eigenvalue weighted by Crippen LogP contribution is 2.38. The minimum absolute atomic E-state index is 0.0794. The summed E-state index contributed by atoms with van der Waals surface area (Å²) >= 11 is 1.33. The molecule has 0 spiro atoms. The van der Waals surface area contributed by atoms with Crippen LogP contribution in [0.5, 0.6) is 0 Å². The van der Waals surface area contributed by atoms with Crippen LogP contribution < -0.4 is 15.8 Å². The Labute approximate surface area is 222 Å². The Kier molecular flexibility index (Phi) is 5.88. The van der Waals surface area contributed by atoms with Gasteiger partial charge >= 0.3 is 0 Å². The molecule has 0 bridgehead atoms. The smallest absolute Gasteiger partial charge is 0.280 e. The van der Waals surface area contributed by atoms with E-state index in [2.05, 4.69) is 15.4 Å². The lowest BCUT2D eigenvalue weighted by molar-refractivity contribution is -0.117. The first-order valence-corrected chi connectivity index (χ1v) is 13.0. The minimum atomic E-state index is -0.425. The van der Waals surface area contributed by atoms with Crippen molar-refractivity contribution in [3.05, 3.63) is 105 Å². The zero-order valence-electron chi connectivity index (χ0n) is 20.7. The number of benzene rings is 2. The predicted molar refractivity (Wildman–Crippen MR) is 146 cm³/mol. The van der Waals surface area contributed by atoms with Crippen LogP contribution in [0.2, 0.25) is 0 Å². The third-order valence-corrected chi connectivity index (χ3v) is 7.65. The number of anilines is 1. The van der Waals surface area contributed by atoms with Crippen molar-refractivity contribution in [1.29, 1.82) is 0 Å². The number of hydrogen-bond donors (Lipinski definition) is 1. The highest BCUT2D eigenvalue weighted by Gasteiger charge is 2.42. The van der Waals surface area contributed by atoms with Crippen molar-refractivity contribution in [3.63, 3.8) is 0 Å². The molecule has 190 valence electrons. The molecule has 6 rings (SSSR count). The molecule has 3 aromatic heterocycles. The average Bonchev–Trinajstić information content (AvgIpc) is 3.62. The topological polar surface area (TPSA) is 102 Å². The van der Waals surface area contributed by atoms with Gasteiger partial charge in [0.2, 0.25) is 11.5 Å². The van der Waals surface area contributed by atoms with Gasteiger partial charge in [-0.1, -0.05) is 30.3 Å². The lowest BCUT2D eigenvalue weighted by Crippen LogP contribution is -2.40. The fraction of sp³-hybridized carbons (Fsp3) is 0.179. The van der Waals surface area contributed by atoms with Crippen LogP contribution in [0, 0.1) is 6.92 Å². The number of nitrogens with one attached hydrogen (secondary N) is 1. The van der Waals surface area contributed by atoms with Crippen LogP contribution in [0.4, 0.5) is 5.69 Å². The van der Waals surface area contributed by atoms with E-state index in [0.29, 0.717) is 5.01 Å². The summed E-state index contributed by atoms with van der Waals surface area (Å²) in [7, 11) is 1.70. The summed E-state index contributed by atoms with van der Waals surface area (Å²) in [4.78, 5) is 45.1. The highest BCUT2D eigenvalue weighted by atomic mass is 32.1. The number of aryl methyl sites for hydroxylation is 2. The summed E-state index contributed by atoms with van der Waals surface area (Å²) in [5.74, 6) is -0.359. The van der Waals surface area contributed by atoms with Crippen molar-refractivity contribution >= 4 is 39.7 Å². The van der Waals surface area contributed by atoms with Crippen LogP contribution in [0.1, 0.15) is 32.7 Å². The molecule has 9 nitrogen and oxygen atoms in total. The van der Waals surface area contributed by atoms with Crippen molar-refractivity contribution in [3.8, 4) is 5.69 Å². The van der Waals surface area contributed by atoms with E-state index in [4.69, 9.17) is 0 Å². The van der Waals surface area contributed by atoms with Crippen molar-refractivity contribution in [1.82, 2.24) is 24.6 Å². The average molecular weight is 525 g/mol. The van der Waals surface area contributed by atoms with E-state index in [9.17, 15) is 14.4 Å². The first-order valence-electron chi connectivity index (χ1n) is 12.1. The van der Waals surface area contributed by atoms with E-state index in [1.165, 1.54) is 22.0 Å². The highest BCUT2D eigenvalue weighted by molar-refractivity contribution is 7.13. The van der Waals surface area contributed by atoms with Gasteiger partial charge in [-0.25, -0.2) is 9.67 Å². The Bertz CT molecular complexity index is 1740. The summed E-state index contributed by atoms with van der Waals surface area (Å²) in [6.45, 7) is 1.90. The van der Waals surface area contributed by atoms with E-state index in [-0.39, 0.29) is 29.8 Å². The Morgan fingerprint density at radius 2 is 1.82 bits per heavy atom. The van der Waals surface area contributed by atoms with Crippen molar-refractivity contribution < 1.29 is 9.59 Å². The van der Waals surface area contributed by atoms with Gasteiger partial charge in [-0.15, -0.1) is 11.3 Å². The first-order chi connectivity index (χ1) is 18.4. The van der Waals surface area contributed by atoms with Gasteiger partial charge in [-0.2, -0.15) is 5.10 Å². The Hall–Kier alpha value is -4.57. The molecular weight excluding hydrogens is 500 g/mol. The number of carbonyl (C=O) groups is 2. The Morgan fingerprint density at radius 1 is 1.03 bits per heavy atom. The first kappa shape index (κ1) is 23.8. The maximum atomic E-state index is 13.4. The molecule has 2 amide bonds. The molecule has 1 aliphatic rings. The van der Waals surface area contributed by atoms with Gasteiger partial charge in [0.1, 0.15) is 0 Å². The number of hydrogen-bond acceptors (Lipinski definition) is 6. The third-order valence-electron chi connectivity index (χ3n) is 6.74. The fourth-order valence-electron chi connectivity index (χ4n) is 4.97. The van der Waals surface area contributed by atoms with Crippen molar-refractivity contribution in [2.75, 3.05) is 4.90 Å². The molecule has 5 aromatic rings. The number of amides is 2. The number of aromatic nitrogens is 4. The van der Waals surface area contributed by atoms with E-state index in [1.54, 1.807) is 41.3 Å². The van der Waals surface area contributed by atoms with Gasteiger partial charge in [0.25, 0.3) is 5.91 Å². The van der Waals surface area contributed by atoms with Crippen molar-refractivity contribution in [2.45, 2.75) is 25.4 Å². The maximum Gasteiger partial charge on any atom is 0.280 e. The summed E-state index contributed by atoms with van der Waals surface area (Å²) in [6, 6.07) is 17.9. The van der Waals surface area contributed by atoms with E-state index in [1.807, 2.05) is 55.5 Å². The van der Waals surface area contributed by atoms with Crippen LogP contribution in [0.3, 0.4) is 0 Å². The second-order valence-corrected chi connectivity index (χ2v) is 10.6. The van der Waals surface area contributed by atoms with Crippen LogP contribution in [0.15, 0.2) is 84.0 Å². The summed E-state index contributed by atoms with van der Waals surface area (Å²) in [5.41, 5.74) is 3.16. The molecule has 0 saturated carbocycles. The second kappa shape index (κ2) is 9.38. The van der Waals surface area contributed by atoms with Gasteiger partial charge < -0.3 is 14.8 Å². The van der Waals surface area contributed by atoms with Gasteiger partial charge in [-0.3, -0.25) is 14.4 Å². The van der Waals surface area contributed by atoms with Gasteiger partial charge in [-0.05, 0) is 36.8 Å². The van der Waals surface area contributed by atoms with Crippen LogP contribution >= 0.6 is 11.3 Å². The molecule has 2 atom stereocenters. The number of carbonyl (C=O) groups excluding carboxylic acids is 2. The molecule has 1 saturated heterocycles. The molecule has 10 heteroatoms. The number of rotatable bonds is 5. The number of thiazole rings is 1.